The first-order valence-electron chi connectivity index (χ1n) is 5.30. The van der Waals surface area contributed by atoms with E-state index < -0.39 is 0 Å². The average Bonchev–Trinajstić information content (AvgIpc) is 2.32. The molecule has 0 radical (unpaired) electrons. The largest absolute Gasteiger partial charge is 0.299 e. The lowest BCUT2D eigenvalue weighted by Crippen LogP contribution is -2.20. The van der Waals surface area contributed by atoms with Crippen LogP contribution in [0, 0.1) is 12.3 Å². The van der Waals surface area contributed by atoms with Crippen LogP contribution in [0.25, 0.3) is 10.9 Å². The maximum atomic E-state index is 12.1. The smallest absolute Gasteiger partial charge is 0.261 e. The normalized spacial score (nSPS) is 10.4. The van der Waals surface area contributed by atoms with Crippen LogP contribution in [0.1, 0.15) is 12.8 Å². The molecule has 17 heavy (non-hydrogen) atoms. The lowest BCUT2D eigenvalue weighted by atomic mass is 10.2. The summed E-state index contributed by atoms with van der Waals surface area (Å²) in [5.74, 6) is 2.56. The van der Waals surface area contributed by atoms with Gasteiger partial charge in [0.25, 0.3) is 5.56 Å². The van der Waals surface area contributed by atoms with Crippen molar-refractivity contribution in [1.82, 2.24) is 9.55 Å². The van der Waals surface area contributed by atoms with Crippen LogP contribution in [0.4, 0.5) is 0 Å². The molecule has 0 aliphatic rings. The van der Waals surface area contributed by atoms with Crippen LogP contribution in [-0.2, 0) is 6.54 Å². The fourth-order valence-electron chi connectivity index (χ4n) is 1.64. The fourth-order valence-corrected chi connectivity index (χ4v) is 1.99. The number of benzene rings is 1. The average molecular weight is 291 g/mol. The van der Waals surface area contributed by atoms with Gasteiger partial charge in [0.1, 0.15) is 0 Å². The maximum Gasteiger partial charge on any atom is 0.261 e. The number of halogens is 1. The van der Waals surface area contributed by atoms with Gasteiger partial charge in [0.05, 0.1) is 17.2 Å². The molecule has 0 amide bonds. The molecule has 1 aromatic carbocycles. The Kier molecular flexibility index (Phi) is 3.60. The minimum atomic E-state index is -0.0143. The number of nitrogens with zero attached hydrogens (tertiary/aromatic N) is 2. The van der Waals surface area contributed by atoms with Crippen molar-refractivity contribution in [3.05, 3.63) is 39.4 Å². The van der Waals surface area contributed by atoms with E-state index in [-0.39, 0.29) is 5.56 Å². The molecule has 0 aliphatic carbocycles. The number of hydrogen-bond acceptors (Lipinski definition) is 2. The van der Waals surface area contributed by atoms with Crippen molar-refractivity contribution >= 4 is 26.8 Å². The van der Waals surface area contributed by atoms with E-state index in [9.17, 15) is 4.79 Å². The van der Waals surface area contributed by atoms with Crippen molar-refractivity contribution in [1.29, 1.82) is 0 Å². The van der Waals surface area contributed by atoms with E-state index in [0.717, 1.165) is 10.9 Å². The second kappa shape index (κ2) is 5.15. The third kappa shape index (κ3) is 2.56. The summed E-state index contributed by atoms with van der Waals surface area (Å²) in [5.41, 5.74) is 0.692. The minimum Gasteiger partial charge on any atom is -0.299 e. The van der Waals surface area contributed by atoms with E-state index in [2.05, 4.69) is 26.8 Å². The van der Waals surface area contributed by atoms with Crippen LogP contribution in [0.2, 0.25) is 0 Å². The molecule has 0 aliphatic heterocycles. The molecule has 0 N–H and O–H groups in total. The molecular formula is C13H11BrN2O. The molecular weight excluding hydrogens is 280 g/mol. The van der Waals surface area contributed by atoms with E-state index in [1.54, 1.807) is 17.0 Å². The third-order valence-corrected chi connectivity index (χ3v) is 3.00. The summed E-state index contributed by atoms with van der Waals surface area (Å²) < 4.78 is 2.52. The molecule has 2 aromatic rings. The molecule has 0 spiro atoms. The van der Waals surface area contributed by atoms with Crippen LogP contribution < -0.4 is 5.56 Å². The van der Waals surface area contributed by atoms with Gasteiger partial charge in [-0.25, -0.2) is 4.98 Å². The van der Waals surface area contributed by atoms with Crippen LogP contribution in [0.3, 0.4) is 0 Å². The van der Waals surface area contributed by atoms with E-state index in [0.29, 0.717) is 23.9 Å². The van der Waals surface area contributed by atoms with Crippen LogP contribution in [0.15, 0.2) is 33.8 Å². The SMILES string of the molecule is C#CCCCn1cnc2cc(Br)ccc2c1=O. The topological polar surface area (TPSA) is 34.9 Å². The zero-order chi connectivity index (χ0) is 12.3. The van der Waals surface area contributed by atoms with Gasteiger partial charge in [-0.2, -0.15) is 0 Å². The van der Waals surface area contributed by atoms with Gasteiger partial charge in [0.2, 0.25) is 0 Å². The molecule has 0 saturated heterocycles. The Hall–Kier alpha value is -1.60. The standard InChI is InChI=1S/C13H11BrN2O/c1-2-3-4-7-16-9-15-12-8-10(14)5-6-11(12)13(16)17/h1,5-6,8-9H,3-4,7H2. The summed E-state index contributed by atoms with van der Waals surface area (Å²) in [5, 5.41) is 0.636. The Labute approximate surface area is 108 Å². The number of aryl methyl sites for hydroxylation is 1. The van der Waals surface area contributed by atoms with Gasteiger partial charge in [-0.3, -0.25) is 9.36 Å². The first-order valence-corrected chi connectivity index (χ1v) is 6.10. The van der Waals surface area contributed by atoms with Gasteiger partial charge in [0, 0.05) is 17.4 Å². The van der Waals surface area contributed by atoms with Crippen LogP contribution in [-0.4, -0.2) is 9.55 Å². The molecule has 0 fully saturated rings. The van der Waals surface area contributed by atoms with Crippen molar-refractivity contribution in [3.8, 4) is 12.3 Å². The second-order valence-corrected chi connectivity index (χ2v) is 4.63. The van der Waals surface area contributed by atoms with Gasteiger partial charge in [-0.1, -0.05) is 15.9 Å². The highest BCUT2D eigenvalue weighted by Crippen LogP contribution is 2.14. The zero-order valence-corrected chi connectivity index (χ0v) is 10.8. The first-order chi connectivity index (χ1) is 8.22. The van der Waals surface area contributed by atoms with E-state index in [1.807, 2.05) is 12.1 Å². The Morgan fingerprint density at radius 1 is 1.47 bits per heavy atom. The van der Waals surface area contributed by atoms with Crippen molar-refractivity contribution in [2.45, 2.75) is 19.4 Å². The predicted molar refractivity (Wildman–Crippen MR) is 71.8 cm³/mol. The molecule has 0 bridgehead atoms. The van der Waals surface area contributed by atoms with Crippen LogP contribution >= 0.6 is 15.9 Å². The molecule has 4 heteroatoms. The van der Waals surface area contributed by atoms with Gasteiger partial charge >= 0.3 is 0 Å². The second-order valence-electron chi connectivity index (χ2n) is 3.71. The number of fused-ring (bicyclic) bond motifs is 1. The number of terminal acetylenes is 1. The highest BCUT2D eigenvalue weighted by atomic mass is 79.9. The summed E-state index contributed by atoms with van der Waals surface area (Å²) >= 11 is 3.36. The van der Waals surface area contributed by atoms with Gasteiger partial charge in [-0.05, 0) is 24.6 Å². The Balaban J connectivity index is 2.41. The maximum absolute atomic E-state index is 12.1. The molecule has 2 rings (SSSR count). The summed E-state index contributed by atoms with van der Waals surface area (Å²) in [7, 11) is 0. The highest BCUT2D eigenvalue weighted by molar-refractivity contribution is 9.10. The Morgan fingerprint density at radius 3 is 3.06 bits per heavy atom. The number of hydrogen-bond donors (Lipinski definition) is 0. The van der Waals surface area contributed by atoms with Crippen molar-refractivity contribution in [3.63, 3.8) is 0 Å². The monoisotopic (exact) mass is 290 g/mol. The van der Waals surface area contributed by atoms with Crippen molar-refractivity contribution in [2.24, 2.45) is 0 Å². The van der Waals surface area contributed by atoms with Crippen molar-refractivity contribution in [2.75, 3.05) is 0 Å². The lowest BCUT2D eigenvalue weighted by Gasteiger charge is -2.05. The Bertz CT molecular complexity index is 640. The third-order valence-electron chi connectivity index (χ3n) is 2.51. The lowest BCUT2D eigenvalue weighted by molar-refractivity contribution is 0.628. The zero-order valence-electron chi connectivity index (χ0n) is 9.19. The highest BCUT2D eigenvalue weighted by Gasteiger charge is 2.03. The minimum absolute atomic E-state index is 0.0143. The van der Waals surface area contributed by atoms with E-state index in [4.69, 9.17) is 6.42 Å². The fraction of sp³-hybridized carbons (Fsp3) is 0.231. The molecule has 1 aromatic heterocycles. The molecule has 3 nitrogen and oxygen atoms in total. The van der Waals surface area contributed by atoms with E-state index >= 15 is 0 Å². The van der Waals surface area contributed by atoms with Gasteiger partial charge in [-0.15, -0.1) is 12.3 Å². The summed E-state index contributed by atoms with van der Waals surface area (Å²) in [4.78, 5) is 16.4. The first kappa shape index (κ1) is 11.9. The number of rotatable bonds is 3. The van der Waals surface area contributed by atoms with Gasteiger partial charge in [0.15, 0.2) is 0 Å². The predicted octanol–water partition coefficient (Wildman–Crippen LogP) is 2.57. The Morgan fingerprint density at radius 2 is 2.29 bits per heavy atom. The summed E-state index contributed by atoms with van der Waals surface area (Å²) in [6, 6.07) is 5.46. The molecule has 1 heterocycles. The van der Waals surface area contributed by atoms with E-state index in [1.165, 1.54) is 0 Å². The van der Waals surface area contributed by atoms with Gasteiger partial charge < -0.3 is 0 Å². The molecule has 0 saturated carbocycles. The summed E-state index contributed by atoms with van der Waals surface area (Å²) in [6.45, 7) is 0.613. The number of unbranched alkanes of at least 4 members (excludes halogenated alkanes) is 1. The summed E-state index contributed by atoms with van der Waals surface area (Å²) in [6.07, 6.45) is 8.22. The quantitative estimate of drug-likeness (QED) is 0.643. The molecule has 86 valence electrons. The van der Waals surface area contributed by atoms with Crippen molar-refractivity contribution < 1.29 is 0 Å². The number of aromatic nitrogens is 2. The molecule has 0 atom stereocenters. The van der Waals surface area contributed by atoms with Crippen LogP contribution in [0.5, 0.6) is 0 Å². The molecule has 0 unspecified atom stereocenters.